The van der Waals surface area contributed by atoms with Gasteiger partial charge in [-0.25, -0.2) is 9.78 Å². The van der Waals surface area contributed by atoms with Crippen LogP contribution >= 0.6 is 11.6 Å². The van der Waals surface area contributed by atoms with Gasteiger partial charge in [-0.15, -0.1) is 0 Å². The van der Waals surface area contributed by atoms with Gasteiger partial charge in [0.05, 0.1) is 28.4 Å². The smallest absolute Gasteiger partial charge is 0.326 e. The minimum atomic E-state index is -1.02. The van der Waals surface area contributed by atoms with Crippen molar-refractivity contribution in [2.45, 2.75) is 33.3 Å². The van der Waals surface area contributed by atoms with Crippen molar-refractivity contribution in [3.63, 3.8) is 0 Å². The number of amides is 2. The first-order chi connectivity index (χ1) is 17.2. The molecule has 0 aliphatic carbocycles. The van der Waals surface area contributed by atoms with Gasteiger partial charge in [-0.2, -0.15) is 0 Å². The number of hydrogen-bond donors (Lipinski definition) is 2. The summed E-state index contributed by atoms with van der Waals surface area (Å²) in [7, 11) is 0. The van der Waals surface area contributed by atoms with Crippen molar-refractivity contribution in [2.24, 2.45) is 5.41 Å². The van der Waals surface area contributed by atoms with Crippen LogP contribution in [0, 0.1) is 5.41 Å². The Balaban J connectivity index is 1.54. The van der Waals surface area contributed by atoms with E-state index in [1.807, 2.05) is 37.3 Å². The van der Waals surface area contributed by atoms with Crippen LogP contribution in [0.15, 0.2) is 60.8 Å². The largest absolute Gasteiger partial charge is 0.486 e. The molecule has 0 spiro atoms. The average molecular weight is 510 g/mol. The summed E-state index contributed by atoms with van der Waals surface area (Å²) in [6.07, 6.45) is 2.24. The summed E-state index contributed by atoms with van der Waals surface area (Å²) in [5.41, 5.74) is 1.88. The highest BCUT2D eigenvalue weighted by molar-refractivity contribution is 6.33. The quantitative estimate of drug-likeness (QED) is 0.399. The molecule has 1 aliphatic rings. The zero-order valence-electron chi connectivity index (χ0n) is 20.3. The highest BCUT2D eigenvalue weighted by Gasteiger charge is 2.30. The second-order valence-electron chi connectivity index (χ2n) is 9.21. The van der Waals surface area contributed by atoms with E-state index in [2.05, 4.69) is 10.3 Å². The number of carboxylic acids is 1. The first kappa shape index (κ1) is 25.3. The molecule has 2 amide bonds. The minimum absolute atomic E-state index is 0.00582. The Bertz CT molecular complexity index is 1260. The molecular weight excluding hydrogens is 482 g/mol. The van der Waals surface area contributed by atoms with Gasteiger partial charge in [0.25, 0.3) is 0 Å². The van der Waals surface area contributed by atoms with Gasteiger partial charge >= 0.3 is 12.0 Å². The summed E-state index contributed by atoms with van der Waals surface area (Å²) in [6, 6.07) is 16.0. The number of urea groups is 1. The predicted molar refractivity (Wildman–Crippen MR) is 139 cm³/mol. The zero-order valence-corrected chi connectivity index (χ0v) is 21.1. The summed E-state index contributed by atoms with van der Waals surface area (Å²) >= 11 is 6.22. The number of pyridine rings is 1. The molecule has 3 aromatic rings. The third-order valence-electron chi connectivity index (χ3n) is 5.98. The number of benzene rings is 2. The molecule has 1 unspecified atom stereocenters. The van der Waals surface area contributed by atoms with Gasteiger partial charge in [0.1, 0.15) is 18.5 Å². The van der Waals surface area contributed by atoms with E-state index in [-0.39, 0.29) is 18.7 Å². The molecule has 2 aromatic carbocycles. The zero-order chi connectivity index (χ0) is 25.9. The van der Waals surface area contributed by atoms with Crippen LogP contribution in [0.1, 0.15) is 27.2 Å². The molecule has 188 valence electrons. The van der Waals surface area contributed by atoms with Crippen molar-refractivity contribution < 1.29 is 24.2 Å². The van der Waals surface area contributed by atoms with E-state index in [9.17, 15) is 14.7 Å². The number of ether oxygens (including phenoxy) is 2. The Hall–Kier alpha value is -3.78. The number of halogens is 1. The molecule has 1 atom stereocenters. The van der Waals surface area contributed by atoms with Gasteiger partial charge in [-0.1, -0.05) is 36.7 Å². The number of carbonyl (C=O) groups is 2. The van der Waals surface area contributed by atoms with E-state index in [1.54, 1.807) is 49.2 Å². The molecule has 0 radical (unpaired) electrons. The summed E-state index contributed by atoms with van der Waals surface area (Å²) < 4.78 is 11.7. The Kier molecular flexibility index (Phi) is 7.35. The third kappa shape index (κ3) is 5.54. The molecule has 4 rings (SSSR count). The van der Waals surface area contributed by atoms with Crippen LogP contribution in [0.25, 0.3) is 11.1 Å². The number of rotatable bonds is 7. The monoisotopic (exact) mass is 509 g/mol. The number of anilines is 2. The second-order valence-corrected chi connectivity index (χ2v) is 9.62. The normalized spacial score (nSPS) is 15.0. The van der Waals surface area contributed by atoms with Crippen molar-refractivity contribution in [3.05, 3.63) is 65.8 Å². The number of fused-ring (bicyclic) bond motifs is 1. The number of aromatic nitrogens is 1. The van der Waals surface area contributed by atoms with E-state index in [4.69, 9.17) is 21.1 Å². The van der Waals surface area contributed by atoms with Crippen LogP contribution in [0.4, 0.5) is 16.2 Å². The van der Waals surface area contributed by atoms with Gasteiger partial charge in [0, 0.05) is 17.8 Å². The van der Waals surface area contributed by atoms with Crippen molar-refractivity contribution in [1.29, 1.82) is 0 Å². The molecule has 36 heavy (non-hydrogen) atoms. The van der Waals surface area contributed by atoms with Crippen LogP contribution in [0.3, 0.4) is 0 Å². The van der Waals surface area contributed by atoms with Gasteiger partial charge in [0.15, 0.2) is 0 Å². The Morgan fingerprint density at radius 2 is 1.94 bits per heavy atom. The molecule has 2 heterocycles. The summed E-state index contributed by atoms with van der Waals surface area (Å²) in [6.45, 7) is 5.62. The molecule has 0 saturated carbocycles. The fraction of sp³-hybridized carbons (Fsp3) is 0.296. The summed E-state index contributed by atoms with van der Waals surface area (Å²) in [4.78, 5) is 30.4. The van der Waals surface area contributed by atoms with Crippen molar-refractivity contribution >= 4 is 35.0 Å². The maximum atomic E-state index is 13.2. The lowest BCUT2D eigenvalue weighted by Gasteiger charge is -2.35. The van der Waals surface area contributed by atoms with E-state index in [0.717, 1.165) is 17.5 Å². The van der Waals surface area contributed by atoms with E-state index in [1.165, 1.54) is 0 Å². The summed E-state index contributed by atoms with van der Waals surface area (Å²) in [5.74, 6) is 0.00680. The average Bonchev–Trinajstić information content (AvgIpc) is 2.88. The molecule has 1 aliphatic heterocycles. The fourth-order valence-electron chi connectivity index (χ4n) is 3.63. The molecular formula is C27H28ClN3O5. The number of nitrogens with one attached hydrogen (secondary N) is 1. The SMILES string of the molecule is CCC1CN(C(=O)Nc2ccccc2Cl)c2ccc(-c3ccc(OCC(C)(C)C(=O)O)nc3)cc2O1. The fourth-order valence-corrected chi connectivity index (χ4v) is 3.82. The van der Waals surface area contributed by atoms with Crippen LogP contribution in [-0.2, 0) is 4.79 Å². The molecule has 9 heteroatoms. The van der Waals surface area contributed by atoms with E-state index in [0.29, 0.717) is 34.6 Å². The Labute approximate surface area is 214 Å². The van der Waals surface area contributed by atoms with E-state index >= 15 is 0 Å². The van der Waals surface area contributed by atoms with Crippen molar-refractivity contribution in [2.75, 3.05) is 23.4 Å². The molecule has 0 saturated heterocycles. The lowest BCUT2D eigenvalue weighted by Crippen LogP contribution is -2.45. The van der Waals surface area contributed by atoms with Crippen LogP contribution in [0.5, 0.6) is 11.6 Å². The highest BCUT2D eigenvalue weighted by Crippen LogP contribution is 2.38. The first-order valence-corrected chi connectivity index (χ1v) is 12.0. The lowest BCUT2D eigenvalue weighted by atomic mass is 9.95. The number of carbonyl (C=O) groups excluding carboxylic acids is 1. The van der Waals surface area contributed by atoms with Gasteiger partial charge in [-0.3, -0.25) is 9.69 Å². The first-order valence-electron chi connectivity index (χ1n) is 11.6. The lowest BCUT2D eigenvalue weighted by molar-refractivity contribution is -0.148. The predicted octanol–water partition coefficient (Wildman–Crippen LogP) is 6.10. The van der Waals surface area contributed by atoms with Crippen LogP contribution < -0.4 is 19.7 Å². The van der Waals surface area contributed by atoms with Crippen LogP contribution in [0.2, 0.25) is 5.02 Å². The maximum Gasteiger partial charge on any atom is 0.326 e. The van der Waals surface area contributed by atoms with Gasteiger partial charge < -0.3 is 19.9 Å². The van der Waals surface area contributed by atoms with Crippen LogP contribution in [-0.4, -0.2) is 41.3 Å². The van der Waals surface area contributed by atoms with Gasteiger partial charge in [-0.05, 0) is 56.2 Å². The minimum Gasteiger partial charge on any atom is -0.486 e. The number of para-hydroxylation sites is 1. The standard InChI is InChI=1S/C27H28ClN3O5/c1-4-19-15-31(26(34)30-21-8-6-5-7-20(21)28)22-11-9-17(13-23(22)36-19)18-10-12-24(29-14-18)35-16-27(2,3)25(32)33/h5-14,19H,4,15-16H2,1-3H3,(H,30,34)(H,32,33). The maximum absolute atomic E-state index is 13.2. The number of nitrogens with zero attached hydrogens (tertiary/aromatic N) is 2. The summed E-state index contributed by atoms with van der Waals surface area (Å²) in [5, 5.41) is 12.6. The number of hydrogen-bond acceptors (Lipinski definition) is 5. The topological polar surface area (TPSA) is 101 Å². The third-order valence-corrected chi connectivity index (χ3v) is 6.31. The molecule has 2 N–H and O–H groups in total. The molecule has 8 nitrogen and oxygen atoms in total. The van der Waals surface area contributed by atoms with Crippen molar-refractivity contribution in [3.8, 4) is 22.8 Å². The number of aliphatic carboxylic acids is 1. The molecule has 0 fully saturated rings. The van der Waals surface area contributed by atoms with Crippen molar-refractivity contribution in [1.82, 2.24) is 4.98 Å². The molecule has 1 aromatic heterocycles. The molecule has 0 bridgehead atoms. The second kappa shape index (κ2) is 10.5. The Morgan fingerprint density at radius 3 is 2.61 bits per heavy atom. The van der Waals surface area contributed by atoms with E-state index < -0.39 is 11.4 Å². The Morgan fingerprint density at radius 1 is 1.19 bits per heavy atom. The highest BCUT2D eigenvalue weighted by atomic mass is 35.5. The van der Waals surface area contributed by atoms with Gasteiger partial charge in [0.2, 0.25) is 5.88 Å². The number of carboxylic acid groups (broad SMARTS) is 1.